The molecule has 41 heavy (non-hydrogen) atoms. The molecule has 1 aliphatic heterocycles. The summed E-state index contributed by atoms with van der Waals surface area (Å²) < 4.78 is 3.76. The van der Waals surface area contributed by atoms with Gasteiger partial charge >= 0.3 is 0 Å². The minimum atomic E-state index is -0.168. The van der Waals surface area contributed by atoms with Crippen LogP contribution in [-0.4, -0.2) is 78.1 Å². The van der Waals surface area contributed by atoms with Crippen LogP contribution in [0.4, 0.5) is 5.69 Å². The maximum Gasteiger partial charge on any atom is 0.187 e. The van der Waals surface area contributed by atoms with Crippen molar-refractivity contribution in [2.24, 2.45) is 0 Å². The lowest BCUT2D eigenvalue weighted by Crippen LogP contribution is -2.46. The molecule has 4 aromatic heterocycles. The number of hydrogen-bond acceptors (Lipinski definition) is 8. The van der Waals surface area contributed by atoms with E-state index in [0.29, 0.717) is 11.6 Å². The summed E-state index contributed by atoms with van der Waals surface area (Å²) in [5, 5.41) is 13.6. The molecule has 0 unspecified atom stereocenters. The van der Waals surface area contributed by atoms with Crippen molar-refractivity contribution in [2.45, 2.75) is 65.3 Å². The lowest BCUT2D eigenvalue weighted by atomic mass is 10.1. The van der Waals surface area contributed by atoms with Crippen molar-refractivity contribution in [1.29, 1.82) is 0 Å². The van der Waals surface area contributed by atoms with Crippen LogP contribution >= 0.6 is 0 Å². The molecule has 1 saturated heterocycles. The van der Waals surface area contributed by atoms with Crippen molar-refractivity contribution in [1.82, 2.24) is 39.6 Å². The van der Waals surface area contributed by atoms with Crippen LogP contribution in [0.1, 0.15) is 73.9 Å². The molecular formula is C31H39N9O. The van der Waals surface area contributed by atoms with Crippen molar-refractivity contribution in [3.8, 4) is 16.9 Å². The van der Waals surface area contributed by atoms with Gasteiger partial charge in [-0.05, 0) is 70.8 Å². The average molecular weight is 554 g/mol. The third-order valence-electron chi connectivity index (χ3n) is 8.08. The minimum Gasteiger partial charge on any atom is -0.368 e. The number of anilines is 1. The molecule has 1 aliphatic carbocycles. The highest BCUT2D eigenvalue weighted by molar-refractivity contribution is 5.96. The summed E-state index contributed by atoms with van der Waals surface area (Å²) in [4.78, 5) is 27.2. The number of hydrogen-bond donors (Lipinski definition) is 0. The summed E-state index contributed by atoms with van der Waals surface area (Å²) in [6.45, 7) is 15.7. The number of nitrogens with zero attached hydrogens (tertiary/aromatic N) is 9. The Morgan fingerprint density at radius 1 is 1.02 bits per heavy atom. The van der Waals surface area contributed by atoms with E-state index in [4.69, 9.17) is 5.10 Å². The van der Waals surface area contributed by atoms with Gasteiger partial charge in [-0.2, -0.15) is 5.10 Å². The maximum absolute atomic E-state index is 13.3. The van der Waals surface area contributed by atoms with E-state index in [1.807, 2.05) is 42.3 Å². The second-order valence-electron chi connectivity index (χ2n) is 12.3. The Morgan fingerprint density at radius 2 is 1.80 bits per heavy atom. The molecule has 0 amide bonds. The molecule has 0 aromatic carbocycles. The number of pyridine rings is 2. The van der Waals surface area contributed by atoms with Crippen molar-refractivity contribution in [2.75, 3.05) is 37.6 Å². The summed E-state index contributed by atoms with van der Waals surface area (Å²) in [7, 11) is 0. The monoisotopic (exact) mass is 553 g/mol. The summed E-state index contributed by atoms with van der Waals surface area (Å²) in [5.74, 6) is 0.507. The summed E-state index contributed by atoms with van der Waals surface area (Å²) in [5.41, 5.74) is 6.72. The first-order valence-corrected chi connectivity index (χ1v) is 14.6. The van der Waals surface area contributed by atoms with E-state index in [9.17, 15) is 4.79 Å². The normalized spacial score (nSPS) is 16.4. The largest absolute Gasteiger partial charge is 0.368 e. The molecule has 2 aliphatic rings. The number of aryl methyl sites for hydroxylation is 1. The van der Waals surface area contributed by atoms with Crippen LogP contribution in [0.3, 0.4) is 0 Å². The lowest BCUT2D eigenvalue weighted by molar-refractivity contribution is 0.0986. The SMILES string of the molecule is CCN1CCN(c2cncc(-c3cn(-c4cc(CC(=O)c5cc(C6CC6)n(C(C)(C)C)n5)cnc4C)nn3)c2)CC1. The van der Waals surface area contributed by atoms with Crippen LogP contribution in [0.25, 0.3) is 16.9 Å². The van der Waals surface area contributed by atoms with Crippen LogP contribution in [0.5, 0.6) is 0 Å². The number of carbonyl (C=O) groups excluding carboxylic acids is 1. The van der Waals surface area contributed by atoms with Gasteiger partial charge in [0.1, 0.15) is 11.4 Å². The highest BCUT2D eigenvalue weighted by Gasteiger charge is 2.32. The fourth-order valence-corrected chi connectivity index (χ4v) is 5.48. The number of likely N-dealkylation sites (N-methyl/N-ethyl adjacent to an activating group) is 1. The van der Waals surface area contributed by atoms with Gasteiger partial charge in [-0.3, -0.25) is 19.4 Å². The molecule has 10 heteroatoms. The lowest BCUT2D eigenvalue weighted by Gasteiger charge is -2.35. The molecule has 2 fully saturated rings. The van der Waals surface area contributed by atoms with Crippen molar-refractivity contribution < 1.29 is 4.79 Å². The predicted octanol–water partition coefficient (Wildman–Crippen LogP) is 4.43. The Kier molecular flexibility index (Phi) is 7.19. The van der Waals surface area contributed by atoms with Gasteiger partial charge in [0.15, 0.2) is 5.78 Å². The smallest absolute Gasteiger partial charge is 0.187 e. The zero-order valence-corrected chi connectivity index (χ0v) is 24.7. The molecule has 6 rings (SSSR count). The van der Waals surface area contributed by atoms with Gasteiger partial charge in [-0.25, -0.2) is 4.68 Å². The second kappa shape index (κ2) is 10.8. The molecule has 0 bridgehead atoms. The zero-order valence-electron chi connectivity index (χ0n) is 24.7. The average Bonchev–Trinajstić information content (AvgIpc) is 3.50. The van der Waals surface area contributed by atoms with Crippen molar-refractivity contribution >= 4 is 11.5 Å². The van der Waals surface area contributed by atoms with Gasteiger partial charge in [0.2, 0.25) is 0 Å². The van der Waals surface area contributed by atoms with Gasteiger partial charge in [-0.1, -0.05) is 12.1 Å². The molecule has 4 aromatic rings. The molecule has 10 nitrogen and oxygen atoms in total. The Bertz CT molecular complexity index is 1550. The van der Waals surface area contributed by atoms with Crippen molar-refractivity contribution in [3.05, 3.63) is 65.6 Å². The van der Waals surface area contributed by atoms with Crippen LogP contribution in [-0.2, 0) is 12.0 Å². The summed E-state index contributed by atoms with van der Waals surface area (Å²) in [6, 6.07) is 6.10. The van der Waals surface area contributed by atoms with E-state index in [1.54, 1.807) is 10.9 Å². The molecule has 0 atom stereocenters. The van der Waals surface area contributed by atoms with Gasteiger partial charge in [0.25, 0.3) is 0 Å². The highest BCUT2D eigenvalue weighted by Crippen LogP contribution is 2.41. The number of piperazine rings is 1. The van der Waals surface area contributed by atoms with Gasteiger partial charge in [0.05, 0.1) is 35.0 Å². The van der Waals surface area contributed by atoms with Crippen LogP contribution in [0.2, 0.25) is 0 Å². The summed E-state index contributed by atoms with van der Waals surface area (Å²) >= 11 is 0. The van der Waals surface area contributed by atoms with Crippen LogP contribution in [0, 0.1) is 6.92 Å². The van der Waals surface area contributed by atoms with Gasteiger partial charge < -0.3 is 9.80 Å². The van der Waals surface area contributed by atoms with E-state index in [0.717, 1.165) is 79.5 Å². The Balaban J connectivity index is 1.20. The number of carbonyl (C=O) groups is 1. The number of ketones is 1. The number of rotatable bonds is 8. The molecule has 1 saturated carbocycles. The molecule has 214 valence electrons. The molecule has 0 radical (unpaired) electrons. The van der Waals surface area contributed by atoms with E-state index in [2.05, 4.69) is 63.8 Å². The summed E-state index contributed by atoms with van der Waals surface area (Å²) in [6.07, 6.45) is 9.97. The van der Waals surface area contributed by atoms with Crippen molar-refractivity contribution in [3.63, 3.8) is 0 Å². The highest BCUT2D eigenvalue weighted by atomic mass is 16.1. The standard InChI is InChI=1S/C31H39N9O/c1-6-37-9-11-38(12-10-37)25-15-24(18-32-19-25)27-20-39(36-34-27)28-13-22(17-33-21(28)2)14-30(41)26-16-29(23-7-8-23)40(35-26)31(3,4)5/h13,15-20,23H,6-12,14H2,1-5H3. The molecular weight excluding hydrogens is 514 g/mol. The number of aromatic nitrogens is 7. The Hall–Kier alpha value is -3.92. The molecule has 0 spiro atoms. The van der Waals surface area contributed by atoms with E-state index in [-0.39, 0.29) is 17.7 Å². The zero-order chi connectivity index (χ0) is 28.7. The predicted molar refractivity (Wildman–Crippen MR) is 159 cm³/mol. The third kappa shape index (κ3) is 5.79. The first kappa shape index (κ1) is 27.3. The Morgan fingerprint density at radius 3 is 2.51 bits per heavy atom. The maximum atomic E-state index is 13.3. The van der Waals surface area contributed by atoms with Crippen LogP contribution in [0.15, 0.2) is 43.0 Å². The second-order valence-corrected chi connectivity index (χ2v) is 12.3. The topological polar surface area (TPSA) is 97.9 Å². The molecule has 5 heterocycles. The minimum absolute atomic E-state index is 0.00607. The fraction of sp³-hybridized carbons (Fsp3) is 0.484. The first-order valence-electron chi connectivity index (χ1n) is 14.6. The van der Waals surface area contributed by atoms with Crippen LogP contribution < -0.4 is 4.90 Å². The van der Waals surface area contributed by atoms with E-state index < -0.39 is 0 Å². The van der Waals surface area contributed by atoms with E-state index >= 15 is 0 Å². The van der Waals surface area contributed by atoms with E-state index in [1.165, 1.54) is 5.69 Å². The quantitative estimate of drug-likeness (QED) is 0.296. The molecule has 0 N–H and O–H groups in total. The fourth-order valence-electron chi connectivity index (χ4n) is 5.48. The van der Waals surface area contributed by atoms with Gasteiger partial charge in [0, 0.05) is 62.2 Å². The van der Waals surface area contributed by atoms with Gasteiger partial charge in [-0.15, -0.1) is 5.10 Å². The number of Topliss-reactive ketones (excluding diaryl/α,β-unsaturated/α-hetero) is 1. The first-order chi connectivity index (χ1) is 19.7. The third-order valence-corrected chi connectivity index (χ3v) is 8.08. The Labute approximate surface area is 241 Å².